The van der Waals surface area contributed by atoms with Crippen molar-refractivity contribution in [3.8, 4) is 0 Å². The van der Waals surface area contributed by atoms with E-state index in [2.05, 4.69) is 16.1 Å². The molecule has 0 rings (SSSR count). The van der Waals surface area contributed by atoms with Crippen molar-refractivity contribution >= 4 is 23.9 Å². The lowest BCUT2D eigenvalue weighted by atomic mass is 9.75. The van der Waals surface area contributed by atoms with Gasteiger partial charge in [0, 0.05) is 0 Å². The van der Waals surface area contributed by atoms with Crippen LogP contribution < -0.4 is 10.2 Å². The first-order valence-corrected chi connectivity index (χ1v) is 4.97. The summed E-state index contributed by atoms with van der Waals surface area (Å²) in [5.41, 5.74) is -3.44. The first-order valence-electron chi connectivity index (χ1n) is 4.97. The van der Waals surface area contributed by atoms with Gasteiger partial charge in [0.25, 0.3) is 0 Å². The lowest BCUT2D eigenvalue weighted by molar-refractivity contribution is -0.322. The Morgan fingerprint density at radius 3 is 1.58 bits per heavy atom. The Bertz CT molecular complexity index is 404. The highest BCUT2D eigenvalue weighted by Gasteiger charge is 2.41. The van der Waals surface area contributed by atoms with Crippen LogP contribution in [0.4, 0.5) is 0 Å². The Balaban J connectivity index is 5.66. The minimum atomic E-state index is -2.47. The third kappa shape index (κ3) is 3.80. The van der Waals surface area contributed by atoms with Crippen LogP contribution in [-0.2, 0) is 28.7 Å². The average molecular weight is 272 g/mol. The van der Waals surface area contributed by atoms with Crippen LogP contribution in [0.3, 0.4) is 0 Å². The topological polar surface area (TPSA) is 133 Å². The molecule has 0 aromatic carbocycles. The molecule has 8 heteroatoms. The smallest absolute Gasteiger partial charge is 0.306 e. The SMILES string of the molecule is C=C(C(=O)[O-])C(CC(=O)OC)(CC(=O)OC)C(=O)[O-]. The van der Waals surface area contributed by atoms with Crippen LogP contribution in [0, 0.1) is 5.41 Å². The molecule has 0 aliphatic rings. The van der Waals surface area contributed by atoms with Gasteiger partial charge in [-0.1, -0.05) is 6.58 Å². The second kappa shape index (κ2) is 6.53. The van der Waals surface area contributed by atoms with Gasteiger partial charge in [-0.2, -0.15) is 0 Å². The van der Waals surface area contributed by atoms with Crippen molar-refractivity contribution < 1.29 is 38.9 Å². The van der Waals surface area contributed by atoms with Gasteiger partial charge < -0.3 is 29.3 Å². The number of hydrogen-bond acceptors (Lipinski definition) is 8. The van der Waals surface area contributed by atoms with Crippen molar-refractivity contribution in [2.75, 3.05) is 14.2 Å². The van der Waals surface area contributed by atoms with Gasteiger partial charge in [-0.3, -0.25) is 9.59 Å². The predicted octanol–water partition coefficient (Wildman–Crippen LogP) is -2.84. The van der Waals surface area contributed by atoms with Crippen molar-refractivity contribution in [3.05, 3.63) is 12.2 Å². The van der Waals surface area contributed by atoms with Crippen molar-refractivity contribution in [1.29, 1.82) is 0 Å². The van der Waals surface area contributed by atoms with Crippen LogP contribution in [0.15, 0.2) is 12.2 Å². The van der Waals surface area contributed by atoms with E-state index in [0.29, 0.717) is 0 Å². The molecule has 0 unspecified atom stereocenters. The molecule has 19 heavy (non-hydrogen) atoms. The maximum Gasteiger partial charge on any atom is 0.306 e. The summed E-state index contributed by atoms with van der Waals surface area (Å²) in [6, 6.07) is 0. The molecule has 0 bridgehead atoms. The number of rotatable bonds is 7. The fraction of sp³-hybridized carbons (Fsp3) is 0.455. The molecule has 0 N–H and O–H groups in total. The van der Waals surface area contributed by atoms with Crippen LogP contribution in [0.25, 0.3) is 0 Å². The molecular weight excluding hydrogens is 260 g/mol. The van der Waals surface area contributed by atoms with Gasteiger partial charge in [0.05, 0.1) is 44.4 Å². The maximum atomic E-state index is 11.2. The van der Waals surface area contributed by atoms with Crippen LogP contribution in [0.5, 0.6) is 0 Å². The molecule has 0 fully saturated rings. The molecule has 0 heterocycles. The van der Waals surface area contributed by atoms with E-state index < -0.39 is 47.7 Å². The van der Waals surface area contributed by atoms with E-state index in [-0.39, 0.29) is 0 Å². The summed E-state index contributed by atoms with van der Waals surface area (Å²) in [6.07, 6.45) is -1.87. The number of ether oxygens (including phenoxy) is 2. The monoisotopic (exact) mass is 272 g/mol. The minimum Gasteiger partial charge on any atom is -0.549 e. The molecule has 0 aliphatic carbocycles. The van der Waals surface area contributed by atoms with Crippen molar-refractivity contribution in [2.24, 2.45) is 5.41 Å². The normalized spacial score (nSPS) is 10.4. The molecule has 0 aliphatic heterocycles. The molecule has 0 saturated carbocycles. The number of esters is 2. The standard InChI is InChI=1S/C11H14O8/c1-6(9(14)15)11(10(16)17,4-7(12)18-2)5-8(13)19-3/h1,4-5H2,2-3H3,(H,14,15)(H,16,17)/p-2. The summed E-state index contributed by atoms with van der Waals surface area (Å²) in [5.74, 6) is -5.97. The van der Waals surface area contributed by atoms with Gasteiger partial charge in [-0.15, -0.1) is 0 Å². The van der Waals surface area contributed by atoms with Crippen LogP contribution >= 0.6 is 0 Å². The quantitative estimate of drug-likeness (QED) is 0.357. The lowest BCUT2D eigenvalue weighted by Gasteiger charge is -2.35. The Morgan fingerprint density at radius 1 is 1.00 bits per heavy atom. The van der Waals surface area contributed by atoms with E-state index >= 15 is 0 Å². The molecule has 0 saturated heterocycles. The maximum absolute atomic E-state index is 11.2. The molecule has 0 radical (unpaired) electrons. The van der Waals surface area contributed by atoms with Gasteiger partial charge in [-0.05, 0) is 5.57 Å². The summed E-state index contributed by atoms with van der Waals surface area (Å²) < 4.78 is 8.53. The van der Waals surface area contributed by atoms with Crippen molar-refractivity contribution in [1.82, 2.24) is 0 Å². The highest BCUT2D eigenvalue weighted by Crippen LogP contribution is 2.34. The molecular formula is C11H12O8-2. The first-order chi connectivity index (χ1) is 8.71. The number of carboxylic acids is 2. The molecule has 0 aromatic heterocycles. The number of aliphatic carboxylic acids is 2. The van der Waals surface area contributed by atoms with Gasteiger partial charge in [-0.25, -0.2) is 0 Å². The highest BCUT2D eigenvalue weighted by molar-refractivity contribution is 5.99. The second-order valence-electron chi connectivity index (χ2n) is 3.64. The number of carbonyl (C=O) groups excluding carboxylic acids is 4. The Hall–Kier alpha value is -2.38. The number of carbonyl (C=O) groups is 4. The highest BCUT2D eigenvalue weighted by atomic mass is 16.5. The van der Waals surface area contributed by atoms with E-state index in [1.54, 1.807) is 0 Å². The summed E-state index contributed by atoms with van der Waals surface area (Å²) in [5, 5.41) is 22.0. The van der Waals surface area contributed by atoms with E-state index in [9.17, 15) is 29.4 Å². The van der Waals surface area contributed by atoms with E-state index in [1.165, 1.54) is 0 Å². The lowest BCUT2D eigenvalue weighted by Crippen LogP contribution is -2.50. The van der Waals surface area contributed by atoms with Gasteiger partial charge in [0.2, 0.25) is 0 Å². The third-order valence-corrected chi connectivity index (χ3v) is 2.56. The molecule has 8 nitrogen and oxygen atoms in total. The number of methoxy groups -OCH3 is 2. The zero-order valence-electron chi connectivity index (χ0n) is 10.4. The number of carboxylic acid groups (broad SMARTS) is 2. The van der Waals surface area contributed by atoms with Crippen LogP contribution in [0.2, 0.25) is 0 Å². The summed E-state index contributed by atoms with van der Waals surface area (Å²) in [7, 11) is 1.95. The van der Waals surface area contributed by atoms with Crippen LogP contribution in [0.1, 0.15) is 12.8 Å². The molecule has 0 aromatic rings. The summed E-state index contributed by atoms with van der Waals surface area (Å²) in [4.78, 5) is 44.4. The Morgan fingerprint density at radius 2 is 1.37 bits per heavy atom. The summed E-state index contributed by atoms with van der Waals surface area (Å²) >= 11 is 0. The van der Waals surface area contributed by atoms with Crippen molar-refractivity contribution in [3.63, 3.8) is 0 Å². The minimum absolute atomic E-state index is 0.937. The largest absolute Gasteiger partial charge is 0.549 e. The number of hydrogen-bond donors (Lipinski definition) is 0. The Labute approximate surface area is 108 Å². The van der Waals surface area contributed by atoms with Gasteiger partial charge in [0.1, 0.15) is 0 Å². The Kier molecular flexibility index (Phi) is 5.71. The fourth-order valence-corrected chi connectivity index (χ4v) is 1.38. The van der Waals surface area contributed by atoms with E-state index in [4.69, 9.17) is 0 Å². The zero-order valence-corrected chi connectivity index (χ0v) is 10.4. The predicted molar refractivity (Wildman–Crippen MR) is 54.9 cm³/mol. The first kappa shape index (κ1) is 16.6. The van der Waals surface area contributed by atoms with Crippen LogP contribution in [-0.4, -0.2) is 38.1 Å². The van der Waals surface area contributed by atoms with Gasteiger partial charge in [0.15, 0.2) is 0 Å². The molecule has 0 atom stereocenters. The fourth-order valence-electron chi connectivity index (χ4n) is 1.38. The van der Waals surface area contributed by atoms with Gasteiger partial charge >= 0.3 is 11.9 Å². The molecule has 106 valence electrons. The van der Waals surface area contributed by atoms with Crippen molar-refractivity contribution in [2.45, 2.75) is 12.8 Å². The zero-order chi connectivity index (χ0) is 15.2. The second-order valence-corrected chi connectivity index (χ2v) is 3.64. The summed E-state index contributed by atoms with van der Waals surface area (Å²) in [6.45, 7) is 3.02. The third-order valence-electron chi connectivity index (χ3n) is 2.56. The molecule has 0 spiro atoms. The van der Waals surface area contributed by atoms with E-state index in [0.717, 1.165) is 14.2 Å². The average Bonchev–Trinajstić information content (AvgIpc) is 2.35. The molecule has 0 amide bonds. The van der Waals surface area contributed by atoms with E-state index in [1.807, 2.05) is 0 Å².